The maximum absolute atomic E-state index is 13.4. The number of methoxy groups -OCH3 is 1. The first-order valence-corrected chi connectivity index (χ1v) is 12.2. The molecule has 0 aliphatic carbocycles. The first-order chi connectivity index (χ1) is 16.5. The molecule has 172 valence electrons. The third-order valence-corrected chi connectivity index (χ3v) is 6.84. The van der Waals surface area contributed by atoms with Gasteiger partial charge in [-0.25, -0.2) is 9.78 Å². The fourth-order valence-corrected chi connectivity index (χ4v) is 5.23. The lowest BCUT2D eigenvalue weighted by Gasteiger charge is -2.12. The van der Waals surface area contributed by atoms with E-state index in [1.165, 1.54) is 23.0 Å². The Labute approximate surface area is 204 Å². The van der Waals surface area contributed by atoms with Crippen LogP contribution >= 0.6 is 23.1 Å². The van der Waals surface area contributed by atoms with Crippen molar-refractivity contribution < 1.29 is 14.3 Å². The molecule has 4 rings (SSSR count). The van der Waals surface area contributed by atoms with E-state index in [-0.39, 0.29) is 29.3 Å². The molecular weight excluding hydrogens is 470 g/mol. The first kappa shape index (κ1) is 23.5. The van der Waals surface area contributed by atoms with Gasteiger partial charge in [0.05, 0.1) is 29.5 Å². The number of carbonyl (C=O) groups is 2. The minimum Gasteiger partial charge on any atom is -0.465 e. The smallest absolute Gasteiger partial charge is 0.339 e. The lowest BCUT2D eigenvalue weighted by atomic mass is 10.1. The Morgan fingerprint density at radius 1 is 1.18 bits per heavy atom. The van der Waals surface area contributed by atoms with E-state index in [1.807, 2.05) is 35.7 Å². The van der Waals surface area contributed by atoms with Gasteiger partial charge >= 0.3 is 5.97 Å². The number of carbonyl (C=O) groups excluding carboxylic acids is 2. The average molecular weight is 492 g/mol. The summed E-state index contributed by atoms with van der Waals surface area (Å²) in [6.45, 7) is 4.02. The summed E-state index contributed by atoms with van der Waals surface area (Å²) in [5.74, 6) is -0.874. The number of rotatable bonds is 8. The number of para-hydroxylation sites is 1. The monoisotopic (exact) mass is 491 g/mol. The summed E-state index contributed by atoms with van der Waals surface area (Å²) in [4.78, 5) is 43.3. The summed E-state index contributed by atoms with van der Waals surface area (Å²) >= 11 is 2.54. The summed E-state index contributed by atoms with van der Waals surface area (Å²) in [7, 11) is 1.28. The highest BCUT2D eigenvalue weighted by Gasteiger charge is 2.18. The molecule has 0 fully saturated rings. The van der Waals surface area contributed by atoms with Crippen molar-refractivity contribution in [3.8, 4) is 11.1 Å². The molecule has 2 aromatic carbocycles. The maximum atomic E-state index is 13.4. The van der Waals surface area contributed by atoms with Crippen LogP contribution in [0.25, 0.3) is 21.3 Å². The molecule has 0 aliphatic heterocycles. The van der Waals surface area contributed by atoms with Gasteiger partial charge in [-0.2, -0.15) is 0 Å². The largest absolute Gasteiger partial charge is 0.465 e. The van der Waals surface area contributed by atoms with Crippen LogP contribution in [-0.2, 0) is 16.1 Å². The molecule has 34 heavy (non-hydrogen) atoms. The highest BCUT2D eigenvalue weighted by Crippen LogP contribution is 2.32. The molecule has 0 saturated carbocycles. The van der Waals surface area contributed by atoms with Crippen molar-refractivity contribution in [2.45, 2.75) is 11.7 Å². The second-order valence-electron chi connectivity index (χ2n) is 7.17. The van der Waals surface area contributed by atoms with Crippen molar-refractivity contribution in [2.75, 3.05) is 18.2 Å². The predicted molar refractivity (Wildman–Crippen MR) is 137 cm³/mol. The van der Waals surface area contributed by atoms with Crippen molar-refractivity contribution in [1.82, 2.24) is 9.55 Å². The molecule has 2 heterocycles. The summed E-state index contributed by atoms with van der Waals surface area (Å²) in [5.41, 5.74) is 2.23. The summed E-state index contributed by atoms with van der Waals surface area (Å²) < 4.78 is 6.29. The summed E-state index contributed by atoms with van der Waals surface area (Å²) in [6, 6.07) is 16.3. The van der Waals surface area contributed by atoms with Crippen LogP contribution in [0.2, 0.25) is 0 Å². The number of allylic oxidation sites excluding steroid dienone is 1. The Kier molecular flexibility index (Phi) is 7.24. The van der Waals surface area contributed by atoms with Gasteiger partial charge in [0.15, 0.2) is 5.16 Å². The number of nitrogens with zero attached hydrogens (tertiary/aromatic N) is 2. The van der Waals surface area contributed by atoms with E-state index < -0.39 is 5.97 Å². The Morgan fingerprint density at radius 2 is 1.91 bits per heavy atom. The number of fused-ring (bicyclic) bond motifs is 1. The topological polar surface area (TPSA) is 90.3 Å². The molecule has 0 bridgehead atoms. The standard InChI is InChI=1S/C25H21N3O4S2/c1-3-13-28-23(30)21-18(16-9-5-4-6-10-16)14-33-22(21)27-25(28)34-15-20(29)26-19-12-8-7-11-17(19)24(31)32-2/h3-12,14H,1,13,15H2,2H3,(H,26,29). The second-order valence-corrected chi connectivity index (χ2v) is 8.97. The van der Waals surface area contributed by atoms with Gasteiger partial charge in [0.1, 0.15) is 4.83 Å². The van der Waals surface area contributed by atoms with E-state index in [4.69, 9.17) is 4.74 Å². The highest BCUT2D eigenvalue weighted by atomic mass is 32.2. The van der Waals surface area contributed by atoms with Gasteiger partial charge in [0, 0.05) is 17.5 Å². The lowest BCUT2D eigenvalue weighted by molar-refractivity contribution is -0.113. The number of hydrogen-bond donors (Lipinski definition) is 1. The average Bonchev–Trinajstić information content (AvgIpc) is 3.29. The molecule has 9 heteroatoms. The molecule has 0 radical (unpaired) electrons. The van der Waals surface area contributed by atoms with Gasteiger partial charge in [-0.1, -0.05) is 60.3 Å². The lowest BCUT2D eigenvalue weighted by Crippen LogP contribution is -2.23. The number of amides is 1. The molecule has 0 spiro atoms. The number of ether oxygens (including phenoxy) is 1. The molecule has 0 aliphatic rings. The minimum absolute atomic E-state index is 0.00150. The van der Waals surface area contributed by atoms with Gasteiger partial charge in [0.25, 0.3) is 5.56 Å². The Hall–Kier alpha value is -3.69. The molecule has 0 atom stereocenters. The number of benzene rings is 2. The molecule has 1 amide bonds. The van der Waals surface area contributed by atoms with Gasteiger partial charge in [-0.3, -0.25) is 14.2 Å². The number of esters is 1. The molecule has 0 unspecified atom stereocenters. The van der Waals surface area contributed by atoms with Crippen molar-refractivity contribution in [1.29, 1.82) is 0 Å². The van der Waals surface area contributed by atoms with E-state index in [2.05, 4.69) is 16.9 Å². The zero-order chi connectivity index (χ0) is 24.1. The first-order valence-electron chi connectivity index (χ1n) is 10.3. The molecule has 7 nitrogen and oxygen atoms in total. The third-order valence-electron chi connectivity index (χ3n) is 4.99. The SMILES string of the molecule is C=CCn1c(SCC(=O)Nc2ccccc2C(=O)OC)nc2scc(-c3ccccc3)c2c1=O. The second kappa shape index (κ2) is 10.5. The minimum atomic E-state index is -0.539. The van der Waals surface area contributed by atoms with Gasteiger partial charge in [-0.05, 0) is 17.7 Å². The van der Waals surface area contributed by atoms with E-state index in [0.29, 0.717) is 21.1 Å². The maximum Gasteiger partial charge on any atom is 0.339 e. The number of thioether (sulfide) groups is 1. The van der Waals surface area contributed by atoms with Crippen molar-refractivity contribution in [3.05, 3.63) is 88.5 Å². The number of anilines is 1. The van der Waals surface area contributed by atoms with Gasteiger partial charge < -0.3 is 10.1 Å². The van der Waals surface area contributed by atoms with Gasteiger partial charge in [0.2, 0.25) is 5.91 Å². The predicted octanol–water partition coefficient (Wildman–Crippen LogP) is 4.83. The fourth-order valence-electron chi connectivity index (χ4n) is 3.43. The van der Waals surface area contributed by atoms with Crippen LogP contribution in [0.1, 0.15) is 10.4 Å². The summed E-state index contributed by atoms with van der Waals surface area (Å²) in [6.07, 6.45) is 1.63. The molecular formula is C25H21N3O4S2. The van der Waals surface area contributed by atoms with Crippen LogP contribution < -0.4 is 10.9 Å². The van der Waals surface area contributed by atoms with Gasteiger partial charge in [-0.15, -0.1) is 17.9 Å². The van der Waals surface area contributed by atoms with Crippen LogP contribution in [-0.4, -0.2) is 34.3 Å². The van der Waals surface area contributed by atoms with Crippen LogP contribution in [0, 0.1) is 0 Å². The molecule has 0 saturated heterocycles. The van der Waals surface area contributed by atoms with E-state index in [0.717, 1.165) is 22.9 Å². The number of thiophene rings is 1. The van der Waals surface area contributed by atoms with Crippen LogP contribution in [0.5, 0.6) is 0 Å². The Balaban J connectivity index is 1.61. The van der Waals surface area contributed by atoms with Crippen LogP contribution in [0.3, 0.4) is 0 Å². The zero-order valence-corrected chi connectivity index (χ0v) is 19.9. The number of aromatic nitrogens is 2. The van der Waals surface area contributed by atoms with E-state index >= 15 is 0 Å². The normalized spacial score (nSPS) is 10.7. The quantitative estimate of drug-likeness (QED) is 0.164. The van der Waals surface area contributed by atoms with Crippen molar-refractivity contribution in [3.63, 3.8) is 0 Å². The van der Waals surface area contributed by atoms with E-state index in [1.54, 1.807) is 30.3 Å². The van der Waals surface area contributed by atoms with Crippen molar-refractivity contribution in [2.24, 2.45) is 0 Å². The summed E-state index contributed by atoms with van der Waals surface area (Å²) in [5, 5.41) is 5.64. The number of nitrogens with one attached hydrogen (secondary N) is 1. The highest BCUT2D eigenvalue weighted by molar-refractivity contribution is 7.99. The van der Waals surface area contributed by atoms with E-state index in [9.17, 15) is 14.4 Å². The zero-order valence-electron chi connectivity index (χ0n) is 18.3. The molecule has 4 aromatic rings. The Bertz CT molecular complexity index is 1430. The fraction of sp³-hybridized carbons (Fsp3) is 0.120. The Morgan fingerprint density at radius 3 is 2.65 bits per heavy atom. The molecule has 1 N–H and O–H groups in total. The van der Waals surface area contributed by atoms with Crippen LogP contribution in [0.15, 0.2) is 82.6 Å². The number of hydrogen-bond acceptors (Lipinski definition) is 7. The molecule has 2 aromatic heterocycles. The van der Waals surface area contributed by atoms with Crippen LogP contribution in [0.4, 0.5) is 5.69 Å². The third kappa shape index (κ3) is 4.80. The van der Waals surface area contributed by atoms with Crippen molar-refractivity contribution >= 4 is 50.9 Å².